The topological polar surface area (TPSA) is 93.9 Å². The van der Waals surface area contributed by atoms with E-state index in [2.05, 4.69) is 5.32 Å². The third kappa shape index (κ3) is 3.74. The molecule has 112 valence electrons. The zero-order chi connectivity index (χ0) is 15.3. The second-order valence-corrected chi connectivity index (χ2v) is 5.16. The van der Waals surface area contributed by atoms with E-state index in [0.29, 0.717) is 23.7 Å². The zero-order valence-electron chi connectivity index (χ0n) is 12.1. The van der Waals surface area contributed by atoms with Gasteiger partial charge in [-0.1, -0.05) is 13.8 Å². The predicted octanol–water partition coefficient (Wildman–Crippen LogP) is 2.04. The van der Waals surface area contributed by atoms with E-state index in [1.165, 1.54) is 26.4 Å². The molecular formula is C13H20N2O5. The van der Waals surface area contributed by atoms with Crippen LogP contribution in [0, 0.1) is 15.5 Å². The van der Waals surface area contributed by atoms with Crippen LogP contribution in [0.25, 0.3) is 0 Å². The maximum atomic E-state index is 11.1. The van der Waals surface area contributed by atoms with Crippen LogP contribution in [0.15, 0.2) is 12.1 Å². The Kier molecular flexibility index (Phi) is 5.15. The Morgan fingerprint density at radius 2 is 1.85 bits per heavy atom. The van der Waals surface area contributed by atoms with Gasteiger partial charge in [-0.3, -0.25) is 10.1 Å². The number of methoxy groups -OCH3 is 2. The van der Waals surface area contributed by atoms with Crippen molar-refractivity contribution in [1.82, 2.24) is 0 Å². The van der Waals surface area contributed by atoms with Gasteiger partial charge in [-0.2, -0.15) is 0 Å². The van der Waals surface area contributed by atoms with Crippen molar-refractivity contribution >= 4 is 11.4 Å². The molecule has 2 N–H and O–H groups in total. The van der Waals surface area contributed by atoms with Crippen molar-refractivity contribution < 1.29 is 19.5 Å². The average Bonchev–Trinajstić information content (AvgIpc) is 2.43. The highest BCUT2D eigenvalue weighted by Crippen LogP contribution is 2.37. The molecule has 0 amide bonds. The Hall–Kier alpha value is -2.02. The van der Waals surface area contributed by atoms with E-state index in [4.69, 9.17) is 9.47 Å². The molecule has 0 bridgehead atoms. The molecule has 0 spiro atoms. The molecule has 0 radical (unpaired) electrons. The van der Waals surface area contributed by atoms with Crippen LogP contribution in [0.3, 0.4) is 0 Å². The summed E-state index contributed by atoms with van der Waals surface area (Å²) >= 11 is 0. The number of benzene rings is 1. The number of hydrogen-bond acceptors (Lipinski definition) is 6. The minimum absolute atomic E-state index is 0.0267. The molecule has 20 heavy (non-hydrogen) atoms. The van der Waals surface area contributed by atoms with E-state index in [-0.39, 0.29) is 17.7 Å². The number of ether oxygens (including phenoxy) is 2. The van der Waals surface area contributed by atoms with Gasteiger partial charge in [0.05, 0.1) is 25.2 Å². The zero-order valence-corrected chi connectivity index (χ0v) is 12.1. The Bertz CT molecular complexity index is 488. The summed E-state index contributed by atoms with van der Waals surface area (Å²) in [6, 6.07) is 2.83. The lowest BCUT2D eigenvalue weighted by atomic mass is 9.95. The van der Waals surface area contributed by atoms with Crippen molar-refractivity contribution in [3.63, 3.8) is 0 Å². The smallest absolute Gasteiger partial charge is 0.296 e. The molecule has 1 aromatic carbocycles. The van der Waals surface area contributed by atoms with Gasteiger partial charge < -0.3 is 19.9 Å². The fraction of sp³-hybridized carbons (Fsp3) is 0.538. The van der Waals surface area contributed by atoms with Gasteiger partial charge in [0.15, 0.2) is 11.5 Å². The van der Waals surface area contributed by atoms with Crippen LogP contribution in [-0.4, -0.2) is 37.4 Å². The number of nitro groups is 1. The highest BCUT2D eigenvalue weighted by atomic mass is 16.6. The van der Waals surface area contributed by atoms with E-state index < -0.39 is 4.92 Å². The van der Waals surface area contributed by atoms with Crippen LogP contribution in [0.2, 0.25) is 0 Å². The summed E-state index contributed by atoms with van der Waals surface area (Å²) in [5.41, 5.74) is -0.160. The maximum absolute atomic E-state index is 11.1. The first-order valence-electron chi connectivity index (χ1n) is 6.10. The number of aliphatic hydroxyl groups is 1. The summed E-state index contributed by atoms with van der Waals surface area (Å²) in [5.74, 6) is 0.702. The number of nitrogens with zero attached hydrogens (tertiary/aromatic N) is 1. The standard InChI is InChI=1S/C13H20N2O5/c1-13(2,8-16)7-14-9-5-11(19-3)12(20-4)6-10(9)15(17)18/h5-6,14,16H,7-8H2,1-4H3. The molecule has 1 rings (SSSR count). The lowest BCUT2D eigenvalue weighted by molar-refractivity contribution is -0.384. The summed E-state index contributed by atoms with van der Waals surface area (Å²) in [4.78, 5) is 10.6. The van der Waals surface area contributed by atoms with Gasteiger partial charge in [0.2, 0.25) is 0 Å². The SMILES string of the molecule is COc1cc(NCC(C)(C)CO)c([N+](=O)[O-])cc1OC. The fourth-order valence-electron chi connectivity index (χ4n) is 1.55. The van der Waals surface area contributed by atoms with Gasteiger partial charge in [0.1, 0.15) is 5.69 Å². The van der Waals surface area contributed by atoms with E-state index >= 15 is 0 Å². The average molecular weight is 284 g/mol. The number of nitrogens with one attached hydrogen (secondary N) is 1. The first kappa shape index (κ1) is 16.0. The van der Waals surface area contributed by atoms with Gasteiger partial charge in [-0.15, -0.1) is 0 Å². The number of rotatable bonds is 7. The minimum atomic E-state index is -0.490. The normalized spacial score (nSPS) is 11.1. The molecule has 0 aliphatic rings. The molecule has 7 heteroatoms. The van der Waals surface area contributed by atoms with Crippen LogP contribution in [-0.2, 0) is 0 Å². The molecule has 0 unspecified atom stereocenters. The highest BCUT2D eigenvalue weighted by Gasteiger charge is 2.22. The summed E-state index contributed by atoms with van der Waals surface area (Å²) in [6.45, 7) is 4.07. The van der Waals surface area contributed by atoms with Crippen LogP contribution in [0.5, 0.6) is 11.5 Å². The Morgan fingerprint density at radius 3 is 2.30 bits per heavy atom. The molecule has 0 saturated carbocycles. The third-order valence-corrected chi connectivity index (χ3v) is 2.88. The van der Waals surface area contributed by atoms with Crippen LogP contribution in [0.1, 0.15) is 13.8 Å². The molecule has 0 saturated heterocycles. The molecule has 0 fully saturated rings. The van der Waals surface area contributed by atoms with Gasteiger partial charge in [-0.05, 0) is 0 Å². The molecule has 0 aliphatic carbocycles. The first-order valence-corrected chi connectivity index (χ1v) is 6.10. The van der Waals surface area contributed by atoms with Crippen LogP contribution < -0.4 is 14.8 Å². The molecule has 0 aliphatic heterocycles. The minimum Gasteiger partial charge on any atom is -0.493 e. The van der Waals surface area contributed by atoms with Crippen molar-refractivity contribution in [2.24, 2.45) is 5.41 Å². The third-order valence-electron chi connectivity index (χ3n) is 2.88. The van der Waals surface area contributed by atoms with E-state index in [0.717, 1.165) is 0 Å². The fourth-order valence-corrected chi connectivity index (χ4v) is 1.55. The van der Waals surface area contributed by atoms with Crippen molar-refractivity contribution in [3.05, 3.63) is 22.2 Å². The van der Waals surface area contributed by atoms with E-state index in [1.807, 2.05) is 13.8 Å². The predicted molar refractivity (Wildman–Crippen MR) is 75.6 cm³/mol. The molecule has 0 aromatic heterocycles. The van der Waals surface area contributed by atoms with Crippen molar-refractivity contribution in [3.8, 4) is 11.5 Å². The summed E-state index contributed by atoms with van der Waals surface area (Å²) in [6.07, 6.45) is 0. The molecule has 0 heterocycles. The summed E-state index contributed by atoms with van der Waals surface area (Å²) in [5, 5.41) is 23.3. The second-order valence-electron chi connectivity index (χ2n) is 5.16. The summed E-state index contributed by atoms with van der Waals surface area (Å²) in [7, 11) is 2.88. The largest absolute Gasteiger partial charge is 0.493 e. The monoisotopic (exact) mass is 284 g/mol. The Labute approximate surface area is 117 Å². The quantitative estimate of drug-likeness (QED) is 0.588. The second kappa shape index (κ2) is 6.42. The first-order chi connectivity index (χ1) is 9.34. The van der Waals surface area contributed by atoms with E-state index in [1.54, 1.807) is 0 Å². The van der Waals surface area contributed by atoms with Gasteiger partial charge >= 0.3 is 0 Å². The van der Waals surface area contributed by atoms with Crippen LogP contribution >= 0.6 is 0 Å². The van der Waals surface area contributed by atoms with Gasteiger partial charge in [0, 0.05) is 24.6 Å². The lowest BCUT2D eigenvalue weighted by Gasteiger charge is -2.22. The number of hydrogen-bond donors (Lipinski definition) is 2. The molecule has 7 nitrogen and oxygen atoms in total. The Morgan fingerprint density at radius 1 is 1.30 bits per heavy atom. The lowest BCUT2D eigenvalue weighted by Crippen LogP contribution is -2.27. The number of nitro benzene ring substituents is 1. The molecule has 0 atom stereocenters. The maximum Gasteiger partial charge on any atom is 0.296 e. The van der Waals surface area contributed by atoms with Crippen molar-refractivity contribution in [2.75, 3.05) is 32.7 Å². The number of anilines is 1. The Balaban J connectivity index is 3.13. The number of aliphatic hydroxyl groups excluding tert-OH is 1. The van der Waals surface area contributed by atoms with Gasteiger partial charge in [0.25, 0.3) is 5.69 Å². The summed E-state index contributed by atoms with van der Waals surface area (Å²) < 4.78 is 10.2. The molecular weight excluding hydrogens is 264 g/mol. The van der Waals surface area contributed by atoms with Crippen molar-refractivity contribution in [1.29, 1.82) is 0 Å². The van der Waals surface area contributed by atoms with Crippen molar-refractivity contribution in [2.45, 2.75) is 13.8 Å². The van der Waals surface area contributed by atoms with Gasteiger partial charge in [-0.25, -0.2) is 0 Å². The molecule has 1 aromatic rings. The highest BCUT2D eigenvalue weighted by molar-refractivity contribution is 5.68. The van der Waals surface area contributed by atoms with E-state index in [9.17, 15) is 15.2 Å². The van der Waals surface area contributed by atoms with Crippen LogP contribution in [0.4, 0.5) is 11.4 Å².